The number of rotatable bonds is 5. The van der Waals surface area contributed by atoms with E-state index in [1.165, 1.54) is 5.56 Å². The Morgan fingerprint density at radius 2 is 1.76 bits per heavy atom. The van der Waals surface area contributed by atoms with Crippen LogP contribution in [0, 0.1) is 0 Å². The van der Waals surface area contributed by atoms with Gasteiger partial charge in [-0.25, -0.2) is 4.79 Å². The summed E-state index contributed by atoms with van der Waals surface area (Å²) >= 11 is 0. The Morgan fingerprint density at radius 3 is 2.34 bits per heavy atom. The first kappa shape index (κ1) is 21.3. The molecule has 1 spiro atoms. The zero-order chi connectivity index (χ0) is 21.2. The number of benzene rings is 1. The molecule has 0 radical (unpaired) electrons. The van der Waals surface area contributed by atoms with Gasteiger partial charge < -0.3 is 10.2 Å². The molecule has 29 heavy (non-hydrogen) atoms. The molecule has 2 aliphatic rings. The Balaban J connectivity index is 1.53. The van der Waals surface area contributed by atoms with Crippen LogP contribution in [0.3, 0.4) is 0 Å². The van der Waals surface area contributed by atoms with E-state index in [-0.39, 0.29) is 23.8 Å². The number of imide groups is 1. The van der Waals surface area contributed by atoms with Crippen molar-refractivity contribution in [3.05, 3.63) is 35.4 Å². The summed E-state index contributed by atoms with van der Waals surface area (Å²) in [5.74, 6) is -0.670. The molecule has 4 amide bonds. The number of hydrogen-bond acceptors (Lipinski definition) is 3. The molecular weight excluding hydrogens is 368 g/mol. The second-order valence-corrected chi connectivity index (χ2v) is 9.51. The molecule has 1 aliphatic carbocycles. The predicted molar refractivity (Wildman–Crippen MR) is 110 cm³/mol. The topological polar surface area (TPSA) is 82.9 Å². The lowest BCUT2D eigenvalue weighted by Gasteiger charge is -2.30. The smallest absolute Gasteiger partial charge is 0.326 e. The monoisotopic (exact) mass is 401 g/mol. The van der Waals surface area contributed by atoms with Crippen molar-refractivity contribution >= 4 is 17.8 Å². The summed E-state index contributed by atoms with van der Waals surface area (Å²) in [6.45, 7) is 7.39. The molecule has 158 valence electrons. The van der Waals surface area contributed by atoms with Crippen LogP contribution in [0.1, 0.15) is 64.0 Å². The summed E-state index contributed by atoms with van der Waals surface area (Å²) in [6, 6.07) is 7.90. The molecule has 1 aromatic carbocycles. The van der Waals surface area contributed by atoms with Crippen molar-refractivity contribution in [1.29, 1.82) is 0 Å². The van der Waals surface area contributed by atoms with Crippen LogP contribution in [0.25, 0.3) is 0 Å². The molecule has 7 heteroatoms. The molecule has 1 unspecified atom stereocenters. The van der Waals surface area contributed by atoms with Crippen molar-refractivity contribution in [3.8, 4) is 0 Å². The van der Waals surface area contributed by atoms with Gasteiger partial charge in [-0.3, -0.25) is 15.0 Å². The van der Waals surface area contributed by atoms with Gasteiger partial charge in [-0.2, -0.15) is 5.01 Å². The molecule has 7 nitrogen and oxygen atoms in total. The molecule has 1 saturated heterocycles. The van der Waals surface area contributed by atoms with Gasteiger partial charge in [0.25, 0.3) is 11.8 Å². The highest BCUT2D eigenvalue weighted by Crippen LogP contribution is 2.32. The van der Waals surface area contributed by atoms with Crippen LogP contribution < -0.4 is 15.6 Å². The van der Waals surface area contributed by atoms with Gasteiger partial charge in [-0.1, -0.05) is 64.3 Å². The third-order valence-electron chi connectivity index (χ3n) is 5.89. The molecule has 1 aromatic rings. The maximum absolute atomic E-state index is 12.7. The molecule has 3 rings (SSSR count). The summed E-state index contributed by atoms with van der Waals surface area (Å²) in [7, 11) is 1.92. The van der Waals surface area contributed by atoms with Gasteiger partial charge in [-0.05, 0) is 23.8 Å². The Kier molecular flexibility index (Phi) is 5.98. The van der Waals surface area contributed by atoms with Crippen molar-refractivity contribution in [2.75, 3.05) is 13.6 Å². The van der Waals surface area contributed by atoms with E-state index >= 15 is 0 Å². The van der Waals surface area contributed by atoms with Crippen LogP contribution in [-0.4, -0.2) is 42.0 Å². The molecule has 0 bridgehead atoms. The van der Waals surface area contributed by atoms with Gasteiger partial charge in [0.1, 0.15) is 12.1 Å². The molecule has 3 N–H and O–H groups in total. The number of carbonyl (C=O) groups is 3. The molecule has 1 atom stereocenters. The summed E-state index contributed by atoms with van der Waals surface area (Å²) in [6.07, 6.45) is 4.17. The van der Waals surface area contributed by atoms with Crippen LogP contribution >= 0.6 is 0 Å². The molecule has 0 aromatic heterocycles. The van der Waals surface area contributed by atoms with Gasteiger partial charge in [0.05, 0.1) is 7.05 Å². The number of quaternary nitrogens is 1. The van der Waals surface area contributed by atoms with Crippen LogP contribution in [0.4, 0.5) is 4.79 Å². The first-order chi connectivity index (χ1) is 13.6. The minimum atomic E-state index is -0.823. The molecular formula is C22H33N4O3+. The van der Waals surface area contributed by atoms with Gasteiger partial charge >= 0.3 is 6.03 Å². The number of nitrogens with zero attached hydrogens (tertiary/aromatic N) is 1. The molecule has 1 heterocycles. The minimum Gasteiger partial charge on any atom is -0.326 e. The molecule has 1 saturated carbocycles. The molecule has 2 fully saturated rings. The quantitative estimate of drug-likeness (QED) is 0.650. The second-order valence-electron chi connectivity index (χ2n) is 9.51. The number of carbonyl (C=O) groups excluding carboxylic acids is 3. The highest BCUT2D eigenvalue weighted by atomic mass is 16.2. The molecule has 1 aliphatic heterocycles. The third kappa shape index (κ3) is 4.78. The maximum Gasteiger partial charge on any atom is 0.344 e. The van der Waals surface area contributed by atoms with Crippen molar-refractivity contribution in [1.82, 2.24) is 15.8 Å². The zero-order valence-corrected chi connectivity index (χ0v) is 17.9. The van der Waals surface area contributed by atoms with E-state index in [1.807, 2.05) is 7.05 Å². The SMILES string of the molecule is C[NH+](CC(=O)NN1C(=O)NC2(CCCCC2)C1=O)Cc1ccc(C(C)(C)C)cc1. The Hall–Kier alpha value is -2.41. The Morgan fingerprint density at radius 1 is 1.14 bits per heavy atom. The Bertz CT molecular complexity index is 776. The van der Waals surface area contributed by atoms with Crippen molar-refractivity contribution < 1.29 is 19.3 Å². The fourth-order valence-corrected chi connectivity index (χ4v) is 4.19. The number of urea groups is 1. The minimum absolute atomic E-state index is 0.107. The lowest BCUT2D eigenvalue weighted by Crippen LogP contribution is -3.09. The Labute approximate surface area is 172 Å². The van der Waals surface area contributed by atoms with Gasteiger partial charge in [-0.15, -0.1) is 0 Å². The normalized spacial score (nSPS) is 19.9. The van der Waals surface area contributed by atoms with Crippen LogP contribution in [0.15, 0.2) is 24.3 Å². The highest BCUT2D eigenvalue weighted by Gasteiger charge is 2.52. The van der Waals surface area contributed by atoms with E-state index in [0.29, 0.717) is 19.4 Å². The maximum atomic E-state index is 12.7. The van der Waals surface area contributed by atoms with Gasteiger partial charge in [0.15, 0.2) is 6.54 Å². The van der Waals surface area contributed by atoms with E-state index in [1.54, 1.807) is 0 Å². The number of likely N-dealkylation sites (N-methyl/N-ethyl adjacent to an activating group) is 1. The standard InChI is InChI=1S/C22H32N4O3/c1-21(2,3)17-10-8-16(9-11-17)14-25(4)15-18(27)24-26-19(28)22(23-20(26)29)12-6-5-7-13-22/h8-11H,5-7,12-15H2,1-4H3,(H,23,29)(H,24,27)/p+1. The van der Waals surface area contributed by atoms with Crippen LogP contribution in [0.5, 0.6) is 0 Å². The predicted octanol–water partition coefficient (Wildman–Crippen LogP) is 1.28. The average Bonchev–Trinajstić information content (AvgIpc) is 2.86. The fraction of sp³-hybridized carbons (Fsp3) is 0.591. The van der Waals surface area contributed by atoms with Crippen molar-refractivity contribution in [2.24, 2.45) is 0 Å². The third-order valence-corrected chi connectivity index (χ3v) is 5.89. The van der Waals surface area contributed by atoms with E-state index < -0.39 is 11.6 Å². The summed E-state index contributed by atoms with van der Waals surface area (Å²) in [5.41, 5.74) is 4.20. The second kappa shape index (κ2) is 8.14. The average molecular weight is 402 g/mol. The van der Waals surface area contributed by atoms with E-state index in [0.717, 1.165) is 34.7 Å². The van der Waals surface area contributed by atoms with Crippen LogP contribution in [0.2, 0.25) is 0 Å². The van der Waals surface area contributed by atoms with Gasteiger partial charge in [0.2, 0.25) is 0 Å². The number of nitrogens with one attached hydrogen (secondary N) is 3. The number of hydrogen-bond donors (Lipinski definition) is 3. The van der Waals surface area contributed by atoms with Crippen molar-refractivity contribution in [3.63, 3.8) is 0 Å². The van der Waals surface area contributed by atoms with E-state index in [2.05, 4.69) is 55.8 Å². The first-order valence-corrected chi connectivity index (χ1v) is 10.5. The summed E-state index contributed by atoms with van der Waals surface area (Å²) in [4.78, 5) is 38.4. The number of amides is 4. The lowest BCUT2D eigenvalue weighted by molar-refractivity contribution is -0.885. The largest absolute Gasteiger partial charge is 0.344 e. The van der Waals surface area contributed by atoms with Crippen molar-refractivity contribution in [2.45, 2.75) is 70.4 Å². The number of hydrazine groups is 1. The fourth-order valence-electron chi connectivity index (χ4n) is 4.19. The lowest BCUT2D eigenvalue weighted by atomic mass is 9.82. The van der Waals surface area contributed by atoms with E-state index in [4.69, 9.17) is 0 Å². The van der Waals surface area contributed by atoms with E-state index in [9.17, 15) is 14.4 Å². The highest BCUT2D eigenvalue weighted by molar-refractivity contribution is 6.08. The summed E-state index contributed by atoms with van der Waals surface area (Å²) in [5, 5.41) is 3.67. The zero-order valence-electron chi connectivity index (χ0n) is 17.9. The first-order valence-electron chi connectivity index (χ1n) is 10.5. The summed E-state index contributed by atoms with van der Waals surface area (Å²) < 4.78 is 0. The van der Waals surface area contributed by atoms with Gasteiger partial charge in [0, 0.05) is 5.56 Å². The van der Waals surface area contributed by atoms with Crippen LogP contribution in [-0.2, 0) is 21.5 Å².